The molecule has 0 saturated carbocycles. The average Bonchev–Trinajstić information content (AvgIpc) is 2.72. The topological polar surface area (TPSA) is 102 Å². The molecule has 10 nitrogen and oxygen atoms in total. The van der Waals surface area contributed by atoms with Crippen LogP contribution in [0.1, 0.15) is 34.6 Å². The van der Waals surface area contributed by atoms with Gasteiger partial charge in [0.15, 0.2) is 23.6 Å². The molecule has 3 heterocycles. The van der Waals surface area contributed by atoms with Crippen LogP contribution in [0.3, 0.4) is 0 Å². The van der Waals surface area contributed by atoms with Crippen LogP contribution >= 0.6 is 11.6 Å². The van der Waals surface area contributed by atoms with E-state index in [1.165, 1.54) is 0 Å². The number of fused-ring (bicyclic) bond motifs is 1. The van der Waals surface area contributed by atoms with Gasteiger partial charge in [0.05, 0.1) is 24.7 Å². The van der Waals surface area contributed by atoms with Gasteiger partial charge in [-0.15, -0.1) is 0 Å². The Morgan fingerprint density at radius 2 is 1.94 bits per heavy atom. The predicted octanol–water partition coefficient (Wildman–Crippen LogP) is 3.54. The first kappa shape index (κ1) is 25.2. The fourth-order valence-electron chi connectivity index (χ4n) is 3.15. The summed E-state index contributed by atoms with van der Waals surface area (Å²) in [6.07, 6.45) is 0.549. The van der Waals surface area contributed by atoms with Gasteiger partial charge in [0, 0.05) is 32.0 Å². The van der Waals surface area contributed by atoms with Gasteiger partial charge in [-0.25, -0.2) is 19.7 Å². The molecule has 1 saturated heterocycles. The van der Waals surface area contributed by atoms with Crippen molar-refractivity contribution >= 4 is 40.5 Å². The smallest absolute Gasteiger partial charge is 0.410 e. The van der Waals surface area contributed by atoms with E-state index in [4.69, 9.17) is 30.8 Å². The normalized spacial score (nSPS) is 14.5. The molecule has 0 bridgehead atoms. The van der Waals surface area contributed by atoms with E-state index in [1.54, 1.807) is 24.2 Å². The SMILES string of the molecule is CCOC(CNc1nc2cc(Cl)cnc2nc1N1CC(OC(=O)N(C)C(C)(C)C)C1)OCC. The summed E-state index contributed by atoms with van der Waals surface area (Å²) in [5, 5.41) is 3.77. The summed E-state index contributed by atoms with van der Waals surface area (Å²) < 4.78 is 16.9. The van der Waals surface area contributed by atoms with Crippen molar-refractivity contribution in [1.82, 2.24) is 19.9 Å². The number of rotatable bonds is 9. The van der Waals surface area contributed by atoms with E-state index in [9.17, 15) is 4.79 Å². The maximum Gasteiger partial charge on any atom is 0.410 e. The number of nitrogens with zero attached hydrogens (tertiary/aromatic N) is 5. The molecule has 1 aliphatic heterocycles. The maximum absolute atomic E-state index is 12.4. The highest BCUT2D eigenvalue weighted by Gasteiger charge is 2.35. The summed E-state index contributed by atoms with van der Waals surface area (Å²) >= 11 is 6.09. The number of anilines is 2. The summed E-state index contributed by atoms with van der Waals surface area (Å²) in [5.41, 5.74) is 0.749. The second-order valence-corrected chi connectivity index (χ2v) is 9.19. The summed E-state index contributed by atoms with van der Waals surface area (Å²) in [6, 6.07) is 1.72. The van der Waals surface area contributed by atoms with E-state index < -0.39 is 6.29 Å². The Morgan fingerprint density at radius 1 is 1.27 bits per heavy atom. The Kier molecular flexibility index (Phi) is 8.14. The van der Waals surface area contributed by atoms with Gasteiger partial charge in [-0.3, -0.25) is 0 Å². The van der Waals surface area contributed by atoms with Gasteiger partial charge >= 0.3 is 6.09 Å². The number of carbonyl (C=O) groups is 1. The quantitative estimate of drug-likeness (QED) is 0.539. The first-order valence-corrected chi connectivity index (χ1v) is 11.5. The number of carbonyl (C=O) groups excluding carboxylic acids is 1. The summed E-state index contributed by atoms with van der Waals surface area (Å²) in [6.45, 7) is 12.2. The fourth-order valence-corrected chi connectivity index (χ4v) is 3.30. The van der Waals surface area contributed by atoms with Crippen molar-refractivity contribution in [3.05, 3.63) is 17.3 Å². The molecule has 1 fully saturated rings. The number of halogens is 1. The van der Waals surface area contributed by atoms with E-state index in [1.807, 2.05) is 39.5 Å². The summed E-state index contributed by atoms with van der Waals surface area (Å²) in [7, 11) is 1.74. The predicted molar refractivity (Wildman–Crippen MR) is 128 cm³/mol. The van der Waals surface area contributed by atoms with Crippen molar-refractivity contribution in [2.24, 2.45) is 0 Å². The van der Waals surface area contributed by atoms with Crippen LogP contribution < -0.4 is 10.2 Å². The van der Waals surface area contributed by atoms with Gasteiger partial charge < -0.3 is 29.3 Å². The second-order valence-electron chi connectivity index (χ2n) is 8.75. The third-order valence-electron chi connectivity index (χ3n) is 5.31. The molecule has 0 unspecified atom stereocenters. The standard InChI is InChI=1S/C22H33ClN6O4/c1-7-31-17(32-8-2)11-25-19-20(27-18-16(26-19)9-14(23)10-24-18)29-12-15(13-29)33-21(30)28(6)22(3,4)5/h9-10,15,17H,7-8,11-13H2,1-6H3,(H,25,26). The van der Waals surface area contributed by atoms with Gasteiger partial charge in [0.2, 0.25) is 0 Å². The molecule has 0 aliphatic carbocycles. The Bertz CT molecular complexity index is 958. The minimum Gasteiger partial charge on any atom is -0.442 e. The molecule has 2 aromatic rings. The zero-order valence-electron chi connectivity index (χ0n) is 20.1. The van der Waals surface area contributed by atoms with Gasteiger partial charge in [-0.2, -0.15) is 0 Å². The lowest BCUT2D eigenvalue weighted by atomic mass is 10.1. The van der Waals surface area contributed by atoms with Crippen LogP contribution in [-0.4, -0.2) is 83.8 Å². The average molecular weight is 481 g/mol. The first-order chi connectivity index (χ1) is 15.6. The zero-order valence-corrected chi connectivity index (χ0v) is 20.8. The number of ether oxygens (including phenoxy) is 3. The number of hydrogen-bond donors (Lipinski definition) is 1. The molecule has 0 radical (unpaired) electrons. The summed E-state index contributed by atoms with van der Waals surface area (Å²) in [5.74, 6) is 1.19. The Balaban J connectivity index is 1.75. The molecular weight excluding hydrogens is 448 g/mol. The minimum absolute atomic E-state index is 0.231. The van der Waals surface area contributed by atoms with Crippen LogP contribution in [-0.2, 0) is 14.2 Å². The van der Waals surface area contributed by atoms with Gasteiger partial charge in [0.25, 0.3) is 0 Å². The second kappa shape index (κ2) is 10.7. The van der Waals surface area contributed by atoms with Crippen molar-refractivity contribution in [3.63, 3.8) is 0 Å². The van der Waals surface area contributed by atoms with Crippen molar-refractivity contribution < 1.29 is 19.0 Å². The van der Waals surface area contributed by atoms with Gasteiger partial charge in [0.1, 0.15) is 11.6 Å². The van der Waals surface area contributed by atoms with Crippen LogP contribution in [0.25, 0.3) is 11.2 Å². The molecule has 2 aromatic heterocycles. The third-order valence-corrected chi connectivity index (χ3v) is 5.51. The number of nitrogens with one attached hydrogen (secondary N) is 1. The van der Waals surface area contributed by atoms with E-state index in [0.29, 0.717) is 60.7 Å². The Morgan fingerprint density at radius 3 is 2.55 bits per heavy atom. The van der Waals surface area contributed by atoms with Crippen molar-refractivity contribution in [2.75, 3.05) is 50.1 Å². The highest BCUT2D eigenvalue weighted by molar-refractivity contribution is 6.31. The van der Waals surface area contributed by atoms with Crippen molar-refractivity contribution in [1.29, 1.82) is 0 Å². The highest BCUT2D eigenvalue weighted by Crippen LogP contribution is 2.30. The number of amides is 1. The fraction of sp³-hybridized carbons (Fsp3) is 0.636. The minimum atomic E-state index is -0.416. The van der Waals surface area contributed by atoms with Crippen LogP contribution in [0, 0.1) is 0 Å². The highest BCUT2D eigenvalue weighted by atomic mass is 35.5. The monoisotopic (exact) mass is 480 g/mol. The molecule has 1 amide bonds. The van der Waals surface area contributed by atoms with Crippen molar-refractivity contribution in [2.45, 2.75) is 52.6 Å². The number of hydrogen-bond acceptors (Lipinski definition) is 9. The molecule has 1 aliphatic rings. The van der Waals surface area contributed by atoms with Crippen molar-refractivity contribution in [3.8, 4) is 0 Å². The largest absolute Gasteiger partial charge is 0.442 e. The Hall–Kier alpha value is -2.43. The number of pyridine rings is 1. The van der Waals surface area contributed by atoms with E-state index in [2.05, 4.69) is 15.3 Å². The Labute approximate surface area is 199 Å². The molecule has 11 heteroatoms. The van der Waals surface area contributed by atoms with Crippen LogP contribution in [0.5, 0.6) is 0 Å². The van der Waals surface area contributed by atoms with Gasteiger partial charge in [-0.05, 0) is 40.7 Å². The van der Waals surface area contributed by atoms with Gasteiger partial charge in [-0.1, -0.05) is 11.6 Å². The lowest BCUT2D eigenvalue weighted by Gasteiger charge is -2.41. The molecule has 0 atom stereocenters. The molecule has 0 spiro atoms. The van der Waals surface area contributed by atoms with Crippen LogP contribution in [0.4, 0.5) is 16.4 Å². The van der Waals surface area contributed by atoms with Crippen LogP contribution in [0.15, 0.2) is 12.3 Å². The lowest BCUT2D eigenvalue weighted by Crippen LogP contribution is -2.55. The molecule has 0 aromatic carbocycles. The molecule has 182 valence electrons. The zero-order chi connectivity index (χ0) is 24.2. The van der Waals surface area contributed by atoms with E-state index in [-0.39, 0.29) is 17.7 Å². The lowest BCUT2D eigenvalue weighted by molar-refractivity contribution is -0.126. The van der Waals surface area contributed by atoms with Crippen LogP contribution in [0.2, 0.25) is 5.02 Å². The van der Waals surface area contributed by atoms with E-state index in [0.717, 1.165) is 0 Å². The molecule has 1 N–H and O–H groups in total. The first-order valence-electron chi connectivity index (χ1n) is 11.1. The van der Waals surface area contributed by atoms with E-state index >= 15 is 0 Å². The third kappa shape index (κ3) is 6.33. The molecule has 3 rings (SSSR count). The number of aromatic nitrogens is 3. The maximum atomic E-state index is 12.4. The molecular formula is C22H33ClN6O4. The molecule has 33 heavy (non-hydrogen) atoms. The summed E-state index contributed by atoms with van der Waals surface area (Å²) in [4.78, 5) is 29.7.